The Balaban J connectivity index is 2.10. The van der Waals surface area contributed by atoms with E-state index in [2.05, 4.69) is 9.72 Å². The number of fused-ring (bicyclic) bond motifs is 1. The third-order valence-corrected chi connectivity index (χ3v) is 4.18. The lowest BCUT2D eigenvalue weighted by molar-refractivity contribution is -0.274. The van der Waals surface area contributed by atoms with Crippen LogP contribution in [0.15, 0.2) is 48.5 Å². The fourth-order valence-electron chi connectivity index (χ4n) is 2.86. The van der Waals surface area contributed by atoms with Crippen molar-refractivity contribution < 1.29 is 46.1 Å². The largest absolute Gasteiger partial charge is 0.573 e. The number of aliphatic hydroxyl groups is 1. The Bertz CT molecular complexity index is 1050. The van der Waals surface area contributed by atoms with Crippen LogP contribution >= 0.6 is 0 Å². The van der Waals surface area contributed by atoms with Crippen LogP contribution in [0.5, 0.6) is 5.75 Å². The summed E-state index contributed by atoms with van der Waals surface area (Å²) in [7, 11) is 0. The van der Waals surface area contributed by atoms with Gasteiger partial charge < -0.3 is 19.9 Å². The molecule has 154 valence electrons. The third kappa shape index (κ3) is 3.86. The lowest BCUT2D eigenvalue weighted by Gasteiger charge is -2.31. The van der Waals surface area contributed by atoms with Gasteiger partial charge in [0.05, 0.1) is 0 Å². The van der Waals surface area contributed by atoms with Crippen LogP contribution < -0.4 is 4.74 Å². The number of carboxylic acid groups (broad SMARTS) is 1. The molecule has 2 aromatic carbocycles. The smallest absolute Gasteiger partial charge is 0.477 e. The van der Waals surface area contributed by atoms with Crippen LogP contribution in [0.3, 0.4) is 0 Å². The Morgan fingerprint density at radius 3 is 2.00 bits per heavy atom. The predicted octanol–water partition coefficient (Wildman–Crippen LogP) is 4.56. The highest BCUT2D eigenvalue weighted by molar-refractivity contribution is 5.94. The summed E-state index contributed by atoms with van der Waals surface area (Å²) < 4.78 is 81.8. The number of alkyl halides is 6. The second-order valence-corrected chi connectivity index (χ2v) is 6.07. The van der Waals surface area contributed by atoms with Gasteiger partial charge in [0.2, 0.25) is 5.60 Å². The molecule has 0 fully saturated rings. The molecule has 1 unspecified atom stereocenters. The highest BCUT2D eigenvalue weighted by Gasteiger charge is 2.56. The molecule has 0 aliphatic rings. The SMILES string of the molecule is O=C(O)c1cc2cc(C(O)(c3ccc(OC(F)(F)F)cc3)C(F)(F)F)ccc2[nH]1. The first-order valence-corrected chi connectivity index (χ1v) is 7.83. The van der Waals surface area contributed by atoms with Crippen LogP contribution in [-0.2, 0) is 5.60 Å². The molecule has 1 atom stereocenters. The number of rotatable bonds is 4. The van der Waals surface area contributed by atoms with E-state index in [1.54, 1.807) is 0 Å². The molecule has 5 nitrogen and oxygen atoms in total. The minimum Gasteiger partial charge on any atom is -0.477 e. The second kappa shape index (κ2) is 6.69. The molecule has 0 spiro atoms. The number of benzene rings is 2. The van der Waals surface area contributed by atoms with Gasteiger partial charge in [-0.3, -0.25) is 0 Å². The van der Waals surface area contributed by atoms with Crippen LogP contribution in [0.25, 0.3) is 10.9 Å². The summed E-state index contributed by atoms with van der Waals surface area (Å²) in [5.74, 6) is -2.08. The number of halogens is 6. The number of hydrogen-bond donors (Lipinski definition) is 3. The van der Waals surface area contributed by atoms with Gasteiger partial charge in [-0.1, -0.05) is 18.2 Å². The fourth-order valence-corrected chi connectivity index (χ4v) is 2.86. The molecule has 3 rings (SSSR count). The molecular weight excluding hydrogens is 408 g/mol. The average Bonchev–Trinajstić information content (AvgIpc) is 3.03. The highest BCUT2D eigenvalue weighted by atomic mass is 19.4. The van der Waals surface area contributed by atoms with Crippen molar-refractivity contribution in [1.29, 1.82) is 0 Å². The number of H-pyrrole nitrogens is 1. The van der Waals surface area contributed by atoms with Gasteiger partial charge in [0.25, 0.3) is 0 Å². The summed E-state index contributed by atoms with van der Waals surface area (Å²) in [4.78, 5) is 13.5. The van der Waals surface area contributed by atoms with E-state index in [0.29, 0.717) is 24.3 Å². The van der Waals surface area contributed by atoms with Crippen LogP contribution in [-0.4, -0.2) is 33.7 Å². The van der Waals surface area contributed by atoms with Gasteiger partial charge in [0.15, 0.2) is 0 Å². The van der Waals surface area contributed by atoms with Crippen molar-refractivity contribution in [2.24, 2.45) is 0 Å². The first-order chi connectivity index (χ1) is 13.3. The van der Waals surface area contributed by atoms with E-state index in [0.717, 1.165) is 24.3 Å². The molecule has 0 radical (unpaired) electrons. The van der Waals surface area contributed by atoms with E-state index in [1.807, 2.05) is 0 Å². The van der Waals surface area contributed by atoms with Gasteiger partial charge in [-0.2, -0.15) is 13.2 Å². The summed E-state index contributed by atoms with van der Waals surface area (Å²) in [5.41, 5.74) is -4.98. The summed E-state index contributed by atoms with van der Waals surface area (Å²) in [6.45, 7) is 0. The highest BCUT2D eigenvalue weighted by Crippen LogP contribution is 2.45. The van der Waals surface area contributed by atoms with E-state index < -0.39 is 41.0 Å². The molecule has 1 heterocycles. The Hall–Kier alpha value is -3.21. The minimum absolute atomic E-state index is 0.0969. The minimum atomic E-state index is -5.24. The molecule has 0 bridgehead atoms. The zero-order chi connectivity index (χ0) is 21.6. The summed E-state index contributed by atoms with van der Waals surface area (Å²) in [6, 6.07) is 6.78. The normalized spacial score (nSPS) is 14.6. The van der Waals surface area contributed by atoms with Gasteiger partial charge in [-0.25, -0.2) is 4.79 Å². The molecule has 29 heavy (non-hydrogen) atoms. The fraction of sp³-hybridized carbons (Fsp3) is 0.167. The summed E-state index contributed by atoms with van der Waals surface area (Å²) >= 11 is 0. The number of carboxylic acids is 1. The van der Waals surface area contributed by atoms with Crippen LogP contribution in [0.4, 0.5) is 26.3 Å². The quantitative estimate of drug-likeness (QED) is 0.542. The van der Waals surface area contributed by atoms with Crippen molar-refractivity contribution in [3.05, 3.63) is 65.4 Å². The summed E-state index contributed by atoms with van der Waals surface area (Å²) in [5, 5.41) is 19.6. The van der Waals surface area contributed by atoms with Crippen molar-refractivity contribution in [3.63, 3.8) is 0 Å². The van der Waals surface area contributed by atoms with Crippen LogP contribution in [0.2, 0.25) is 0 Å². The molecule has 3 N–H and O–H groups in total. The van der Waals surface area contributed by atoms with Gasteiger partial charge >= 0.3 is 18.5 Å². The van der Waals surface area contributed by atoms with E-state index in [1.165, 1.54) is 0 Å². The first kappa shape index (κ1) is 20.5. The topological polar surface area (TPSA) is 82.6 Å². The monoisotopic (exact) mass is 419 g/mol. The third-order valence-electron chi connectivity index (χ3n) is 4.18. The van der Waals surface area contributed by atoms with Crippen molar-refractivity contribution in [2.75, 3.05) is 0 Å². The average molecular weight is 419 g/mol. The molecule has 0 saturated carbocycles. The molecule has 1 aromatic heterocycles. The number of hydrogen-bond acceptors (Lipinski definition) is 3. The van der Waals surface area contributed by atoms with Gasteiger partial charge in [-0.05, 0) is 41.5 Å². The molecule has 0 aliphatic heterocycles. The Labute approximate surface area is 158 Å². The van der Waals surface area contributed by atoms with E-state index >= 15 is 0 Å². The maximum Gasteiger partial charge on any atom is 0.573 e. The van der Waals surface area contributed by atoms with Gasteiger partial charge in [0.1, 0.15) is 11.4 Å². The number of carbonyl (C=O) groups is 1. The van der Waals surface area contributed by atoms with Crippen LogP contribution in [0, 0.1) is 0 Å². The Morgan fingerprint density at radius 2 is 1.48 bits per heavy atom. The van der Waals surface area contributed by atoms with Crippen molar-refractivity contribution >= 4 is 16.9 Å². The van der Waals surface area contributed by atoms with Crippen molar-refractivity contribution in [2.45, 2.75) is 18.1 Å². The number of ether oxygens (including phenoxy) is 1. The van der Waals surface area contributed by atoms with E-state index in [9.17, 15) is 36.2 Å². The molecule has 0 saturated heterocycles. The summed E-state index contributed by atoms with van der Waals surface area (Å²) in [6.07, 6.45) is -10.3. The lowest BCUT2D eigenvalue weighted by Crippen LogP contribution is -2.43. The Morgan fingerprint density at radius 1 is 0.897 bits per heavy atom. The molecular formula is C18H11F6NO4. The molecule has 0 aliphatic carbocycles. The maximum atomic E-state index is 13.8. The molecule has 0 amide bonds. The predicted molar refractivity (Wildman–Crippen MR) is 87.4 cm³/mol. The molecule has 11 heteroatoms. The van der Waals surface area contributed by atoms with Gasteiger partial charge in [-0.15, -0.1) is 13.2 Å². The van der Waals surface area contributed by atoms with Gasteiger partial charge in [0, 0.05) is 10.9 Å². The number of aromatic carboxylic acids is 1. The number of nitrogens with one attached hydrogen (secondary N) is 1. The van der Waals surface area contributed by atoms with Crippen LogP contribution in [0.1, 0.15) is 21.6 Å². The zero-order valence-corrected chi connectivity index (χ0v) is 14.1. The van der Waals surface area contributed by atoms with Crippen molar-refractivity contribution in [1.82, 2.24) is 4.98 Å². The Kier molecular flexibility index (Phi) is 4.74. The van der Waals surface area contributed by atoms with E-state index in [-0.39, 0.29) is 16.6 Å². The van der Waals surface area contributed by atoms with E-state index in [4.69, 9.17) is 5.11 Å². The lowest BCUT2D eigenvalue weighted by atomic mass is 9.85. The first-order valence-electron chi connectivity index (χ1n) is 7.83. The standard InChI is InChI=1S/C18H11F6NO4/c19-17(20,21)16(28,10-1-4-12(5-2-10)29-18(22,23)24)11-3-6-13-9(7-11)8-14(25-13)15(26)27/h1-8,25,28H,(H,26,27). The maximum absolute atomic E-state index is 13.8. The second-order valence-electron chi connectivity index (χ2n) is 6.07. The van der Waals surface area contributed by atoms with Crippen molar-refractivity contribution in [3.8, 4) is 5.75 Å². The number of aromatic amines is 1. The number of aromatic nitrogens is 1. The zero-order valence-electron chi connectivity index (χ0n) is 14.1. The molecule has 3 aromatic rings.